The Balaban J connectivity index is 1.35. The van der Waals surface area contributed by atoms with Gasteiger partial charge in [0.2, 0.25) is 11.8 Å². The van der Waals surface area contributed by atoms with Gasteiger partial charge in [-0.1, -0.05) is 38.2 Å². The van der Waals surface area contributed by atoms with Crippen LogP contribution in [0.2, 0.25) is 0 Å². The first-order chi connectivity index (χ1) is 14.7. The van der Waals surface area contributed by atoms with Crippen LogP contribution in [0.1, 0.15) is 78.8 Å². The van der Waals surface area contributed by atoms with Gasteiger partial charge >= 0.3 is 0 Å². The lowest BCUT2D eigenvalue weighted by molar-refractivity contribution is 0.1000. The zero-order valence-electron chi connectivity index (χ0n) is 17.7. The Bertz CT molecular complexity index is 844. The molecule has 0 bridgehead atoms. The van der Waals surface area contributed by atoms with Gasteiger partial charge in [0, 0.05) is 18.8 Å². The number of hydrogen-bond acceptors (Lipinski definition) is 4. The second kappa shape index (κ2) is 10.1. The topological polar surface area (TPSA) is 77.2 Å². The molecule has 2 aliphatic rings. The van der Waals surface area contributed by atoms with Crippen molar-refractivity contribution in [3.05, 3.63) is 53.2 Å². The van der Waals surface area contributed by atoms with Crippen LogP contribution in [-0.4, -0.2) is 24.0 Å². The zero-order valence-corrected chi connectivity index (χ0v) is 17.7. The molecule has 0 spiro atoms. The number of rotatable bonds is 8. The summed E-state index contributed by atoms with van der Waals surface area (Å²) in [5, 5.41) is 3.73. The van der Waals surface area contributed by atoms with E-state index in [0.29, 0.717) is 17.4 Å². The van der Waals surface area contributed by atoms with E-state index in [1.165, 1.54) is 68.7 Å². The molecule has 1 amide bonds. The molecule has 0 aliphatic heterocycles. The maximum absolute atomic E-state index is 11.2. The first-order valence-electron chi connectivity index (χ1n) is 11.5. The van der Waals surface area contributed by atoms with E-state index in [-0.39, 0.29) is 0 Å². The molecule has 1 unspecified atom stereocenters. The summed E-state index contributed by atoms with van der Waals surface area (Å²) in [5.74, 6) is 2.24. The van der Waals surface area contributed by atoms with Crippen molar-refractivity contribution in [2.24, 2.45) is 11.7 Å². The van der Waals surface area contributed by atoms with E-state index in [2.05, 4.69) is 22.4 Å². The molecule has 5 nitrogen and oxygen atoms in total. The summed E-state index contributed by atoms with van der Waals surface area (Å²) >= 11 is 0. The Morgan fingerprint density at radius 2 is 1.97 bits per heavy atom. The third kappa shape index (κ3) is 5.39. The van der Waals surface area contributed by atoms with Crippen molar-refractivity contribution in [3.8, 4) is 11.6 Å². The summed E-state index contributed by atoms with van der Waals surface area (Å²) in [6, 6.07) is 9.70. The van der Waals surface area contributed by atoms with E-state index in [0.717, 1.165) is 31.2 Å². The van der Waals surface area contributed by atoms with E-state index >= 15 is 0 Å². The van der Waals surface area contributed by atoms with Crippen LogP contribution in [-0.2, 0) is 6.42 Å². The molecule has 1 atom stereocenters. The number of hydrogen-bond donors (Lipinski definition) is 2. The van der Waals surface area contributed by atoms with Gasteiger partial charge < -0.3 is 15.8 Å². The predicted molar refractivity (Wildman–Crippen MR) is 119 cm³/mol. The minimum atomic E-state index is -0.485. The van der Waals surface area contributed by atoms with Crippen LogP contribution in [0.5, 0.6) is 11.6 Å². The molecule has 0 saturated heterocycles. The van der Waals surface area contributed by atoms with Gasteiger partial charge in [-0.05, 0) is 73.4 Å². The molecular formula is C25H33N3O2. The van der Waals surface area contributed by atoms with E-state index in [4.69, 9.17) is 10.5 Å². The maximum atomic E-state index is 11.2. The number of nitrogens with two attached hydrogens (primary N) is 1. The number of pyridine rings is 1. The molecule has 30 heavy (non-hydrogen) atoms. The Morgan fingerprint density at radius 3 is 2.73 bits per heavy atom. The highest BCUT2D eigenvalue weighted by Crippen LogP contribution is 2.35. The summed E-state index contributed by atoms with van der Waals surface area (Å²) in [7, 11) is 0. The molecule has 2 aliphatic carbocycles. The number of carbonyl (C=O) groups is 1. The van der Waals surface area contributed by atoms with Gasteiger partial charge in [-0.25, -0.2) is 4.98 Å². The lowest BCUT2D eigenvalue weighted by Gasteiger charge is -2.27. The number of nitrogens with one attached hydrogen (secondary N) is 1. The van der Waals surface area contributed by atoms with Gasteiger partial charge in [0.05, 0.1) is 5.56 Å². The summed E-state index contributed by atoms with van der Waals surface area (Å²) in [6.45, 7) is 2.16. The van der Waals surface area contributed by atoms with Gasteiger partial charge in [-0.3, -0.25) is 4.79 Å². The molecule has 0 radical (unpaired) electrons. The number of amides is 1. The second-order valence-corrected chi connectivity index (χ2v) is 8.80. The molecular weight excluding hydrogens is 374 g/mol. The van der Waals surface area contributed by atoms with E-state index < -0.39 is 5.91 Å². The minimum Gasteiger partial charge on any atom is -0.439 e. The highest BCUT2D eigenvalue weighted by molar-refractivity contribution is 5.92. The highest BCUT2D eigenvalue weighted by Gasteiger charge is 2.21. The molecule has 1 heterocycles. The quantitative estimate of drug-likeness (QED) is 0.607. The number of fused-ring (bicyclic) bond motifs is 1. The van der Waals surface area contributed by atoms with Crippen LogP contribution in [0.4, 0.5) is 0 Å². The fraction of sp³-hybridized carbons (Fsp3) is 0.520. The summed E-state index contributed by atoms with van der Waals surface area (Å²) in [5.41, 5.74) is 8.49. The van der Waals surface area contributed by atoms with Crippen molar-refractivity contribution in [1.82, 2.24) is 10.3 Å². The number of benzene rings is 1. The molecule has 1 fully saturated rings. The molecule has 1 aromatic heterocycles. The fourth-order valence-corrected chi connectivity index (χ4v) is 4.92. The number of ether oxygens (including phenoxy) is 1. The molecule has 160 valence electrons. The monoisotopic (exact) mass is 407 g/mol. The third-order valence-corrected chi connectivity index (χ3v) is 6.64. The highest BCUT2D eigenvalue weighted by atomic mass is 16.5. The van der Waals surface area contributed by atoms with Crippen LogP contribution < -0.4 is 15.8 Å². The normalized spacial score (nSPS) is 19.3. The van der Waals surface area contributed by atoms with Crippen LogP contribution >= 0.6 is 0 Å². The summed E-state index contributed by atoms with van der Waals surface area (Å²) in [4.78, 5) is 15.4. The van der Waals surface area contributed by atoms with Gasteiger partial charge in [0.15, 0.2) is 0 Å². The van der Waals surface area contributed by atoms with Crippen LogP contribution in [0.15, 0.2) is 36.5 Å². The van der Waals surface area contributed by atoms with Crippen LogP contribution in [0.3, 0.4) is 0 Å². The maximum Gasteiger partial charge on any atom is 0.250 e. The first kappa shape index (κ1) is 20.9. The minimum absolute atomic E-state index is 0.382. The molecule has 2 aromatic rings. The molecule has 5 heteroatoms. The Labute approximate surface area is 179 Å². The van der Waals surface area contributed by atoms with Gasteiger partial charge in [0.25, 0.3) is 0 Å². The van der Waals surface area contributed by atoms with Crippen molar-refractivity contribution >= 4 is 5.91 Å². The van der Waals surface area contributed by atoms with Crippen molar-refractivity contribution in [2.45, 2.75) is 63.7 Å². The number of carbonyl (C=O) groups excluding carboxylic acids is 1. The van der Waals surface area contributed by atoms with E-state index in [1.54, 1.807) is 12.1 Å². The van der Waals surface area contributed by atoms with Crippen molar-refractivity contribution in [2.75, 3.05) is 13.1 Å². The van der Waals surface area contributed by atoms with Crippen LogP contribution in [0.25, 0.3) is 0 Å². The zero-order chi connectivity index (χ0) is 20.8. The fourth-order valence-electron chi connectivity index (χ4n) is 4.92. The first-order valence-corrected chi connectivity index (χ1v) is 11.5. The van der Waals surface area contributed by atoms with Crippen molar-refractivity contribution < 1.29 is 9.53 Å². The lowest BCUT2D eigenvalue weighted by atomic mass is 9.82. The van der Waals surface area contributed by atoms with E-state index in [9.17, 15) is 4.79 Å². The lowest BCUT2D eigenvalue weighted by Crippen LogP contribution is -2.26. The number of primary amides is 1. The molecule has 3 N–H and O–H groups in total. The van der Waals surface area contributed by atoms with Crippen LogP contribution in [0, 0.1) is 5.92 Å². The van der Waals surface area contributed by atoms with Gasteiger partial charge in [0.1, 0.15) is 5.75 Å². The third-order valence-electron chi connectivity index (χ3n) is 6.64. The Morgan fingerprint density at radius 1 is 1.10 bits per heavy atom. The Kier molecular flexibility index (Phi) is 7.00. The standard InChI is InChI=1S/C25H33N3O2/c26-25(29)21-10-12-24(28-17-21)30-22-11-9-19-7-4-8-20(23(19)15-22)16-27-14-13-18-5-2-1-3-6-18/h9-12,15,17-18,20,27H,1-8,13-14,16H2,(H2,26,29). The molecule has 4 rings (SSSR count). The van der Waals surface area contributed by atoms with Crippen molar-refractivity contribution in [3.63, 3.8) is 0 Å². The second-order valence-electron chi connectivity index (χ2n) is 8.80. The van der Waals surface area contributed by atoms with Gasteiger partial charge in [-0.15, -0.1) is 0 Å². The Hall–Kier alpha value is -2.40. The summed E-state index contributed by atoms with van der Waals surface area (Å²) in [6.07, 6.45) is 13.5. The average molecular weight is 408 g/mol. The molecule has 1 aromatic carbocycles. The average Bonchev–Trinajstić information content (AvgIpc) is 2.78. The van der Waals surface area contributed by atoms with Gasteiger partial charge in [-0.2, -0.15) is 0 Å². The number of aryl methyl sites for hydroxylation is 1. The number of aromatic nitrogens is 1. The largest absolute Gasteiger partial charge is 0.439 e. The van der Waals surface area contributed by atoms with Crippen molar-refractivity contribution in [1.29, 1.82) is 0 Å². The molecule has 1 saturated carbocycles. The summed E-state index contributed by atoms with van der Waals surface area (Å²) < 4.78 is 5.95. The van der Waals surface area contributed by atoms with E-state index in [1.807, 2.05) is 6.07 Å². The predicted octanol–water partition coefficient (Wildman–Crippen LogP) is 4.95. The number of nitrogens with zero attached hydrogens (tertiary/aromatic N) is 1. The smallest absolute Gasteiger partial charge is 0.250 e. The SMILES string of the molecule is NC(=O)c1ccc(Oc2ccc3c(c2)C(CNCCC2CCCCC2)CCC3)nc1.